The van der Waals surface area contributed by atoms with Crippen molar-refractivity contribution >= 4 is 28.9 Å². The van der Waals surface area contributed by atoms with E-state index in [2.05, 4.69) is 5.32 Å². The SMILES string of the molecule is COC(=O)c1ccccc1NC(=O)CN1c2ccc([N+](=O)[O-])cc2CC1C. The van der Waals surface area contributed by atoms with E-state index in [1.165, 1.54) is 13.2 Å². The monoisotopic (exact) mass is 369 g/mol. The van der Waals surface area contributed by atoms with Crippen LogP contribution in [0.4, 0.5) is 17.1 Å². The maximum atomic E-state index is 12.5. The summed E-state index contributed by atoms with van der Waals surface area (Å²) >= 11 is 0. The Balaban J connectivity index is 1.76. The van der Waals surface area contributed by atoms with Crippen molar-refractivity contribution in [2.75, 3.05) is 23.9 Å². The number of ether oxygens (including phenoxy) is 1. The second-order valence-corrected chi connectivity index (χ2v) is 6.34. The van der Waals surface area contributed by atoms with Gasteiger partial charge in [0, 0.05) is 23.9 Å². The van der Waals surface area contributed by atoms with Gasteiger partial charge in [-0.3, -0.25) is 14.9 Å². The Morgan fingerprint density at radius 1 is 1.30 bits per heavy atom. The van der Waals surface area contributed by atoms with E-state index in [0.717, 1.165) is 11.3 Å². The molecule has 1 atom stereocenters. The molecule has 0 spiro atoms. The molecular weight excluding hydrogens is 350 g/mol. The van der Waals surface area contributed by atoms with Crippen LogP contribution in [0.15, 0.2) is 42.5 Å². The summed E-state index contributed by atoms with van der Waals surface area (Å²) in [7, 11) is 1.28. The number of benzene rings is 2. The first-order valence-electron chi connectivity index (χ1n) is 8.42. The predicted molar refractivity (Wildman–Crippen MR) is 100 cm³/mol. The normalized spacial score (nSPS) is 15.2. The average molecular weight is 369 g/mol. The lowest BCUT2D eigenvalue weighted by atomic mass is 10.1. The van der Waals surface area contributed by atoms with Crippen LogP contribution in [0, 0.1) is 10.1 Å². The Bertz CT molecular complexity index is 912. The van der Waals surface area contributed by atoms with Gasteiger partial charge in [0.25, 0.3) is 5.69 Å². The zero-order valence-electron chi connectivity index (χ0n) is 15.0. The smallest absolute Gasteiger partial charge is 0.339 e. The summed E-state index contributed by atoms with van der Waals surface area (Å²) < 4.78 is 4.73. The Kier molecular flexibility index (Phi) is 5.07. The number of carbonyl (C=O) groups excluding carboxylic acids is 2. The highest BCUT2D eigenvalue weighted by Gasteiger charge is 2.29. The molecule has 1 N–H and O–H groups in total. The van der Waals surface area contributed by atoms with Gasteiger partial charge in [0.1, 0.15) is 0 Å². The number of fused-ring (bicyclic) bond motifs is 1. The second-order valence-electron chi connectivity index (χ2n) is 6.34. The topological polar surface area (TPSA) is 102 Å². The first-order valence-corrected chi connectivity index (χ1v) is 8.42. The highest BCUT2D eigenvalue weighted by molar-refractivity contribution is 6.02. The van der Waals surface area contributed by atoms with E-state index < -0.39 is 10.9 Å². The van der Waals surface area contributed by atoms with Crippen molar-refractivity contribution in [2.45, 2.75) is 19.4 Å². The Labute approximate surface area is 155 Å². The number of hydrogen-bond donors (Lipinski definition) is 1. The number of anilines is 2. The minimum atomic E-state index is -0.530. The van der Waals surface area contributed by atoms with Crippen LogP contribution in [0.25, 0.3) is 0 Å². The molecule has 0 saturated heterocycles. The molecule has 1 aliphatic heterocycles. The van der Waals surface area contributed by atoms with E-state index in [-0.39, 0.29) is 29.7 Å². The summed E-state index contributed by atoms with van der Waals surface area (Å²) in [4.78, 5) is 36.8. The van der Waals surface area contributed by atoms with Crippen LogP contribution in [0.3, 0.4) is 0 Å². The molecule has 2 aromatic rings. The predicted octanol–water partition coefficient (Wildman–Crippen LogP) is 2.77. The van der Waals surface area contributed by atoms with Crippen LogP contribution in [-0.4, -0.2) is 36.5 Å². The quantitative estimate of drug-likeness (QED) is 0.494. The number of nitrogens with zero attached hydrogens (tertiary/aromatic N) is 2. The van der Waals surface area contributed by atoms with Crippen molar-refractivity contribution < 1.29 is 19.2 Å². The lowest BCUT2D eigenvalue weighted by Gasteiger charge is -2.24. The fraction of sp³-hybridized carbons (Fsp3) is 0.263. The van der Waals surface area contributed by atoms with Crippen molar-refractivity contribution in [1.82, 2.24) is 0 Å². The Hall–Kier alpha value is -3.42. The van der Waals surface area contributed by atoms with Gasteiger partial charge in [0.05, 0.1) is 29.8 Å². The largest absolute Gasteiger partial charge is 0.465 e. The highest BCUT2D eigenvalue weighted by Crippen LogP contribution is 2.34. The average Bonchev–Trinajstić information content (AvgIpc) is 2.96. The number of para-hydroxylation sites is 1. The number of esters is 1. The number of carbonyl (C=O) groups is 2. The number of nitrogens with one attached hydrogen (secondary N) is 1. The molecule has 8 heteroatoms. The molecule has 8 nitrogen and oxygen atoms in total. The van der Waals surface area contributed by atoms with Gasteiger partial charge < -0.3 is 15.0 Å². The van der Waals surface area contributed by atoms with Crippen LogP contribution in [0.5, 0.6) is 0 Å². The molecule has 27 heavy (non-hydrogen) atoms. The number of amides is 1. The fourth-order valence-electron chi connectivity index (χ4n) is 3.26. The van der Waals surface area contributed by atoms with E-state index in [9.17, 15) is 19.7 Å². The maximum absolute atomic E-state index is 12.5. The number of nitro groups is 1. The molecule has 140 valence electrons. The molecule has 3 rings (SSSR count). The van der Waals surface area contributed by atoms with Crippen LogP contribution in [-0.2, 0) is 16.0 Å². The third kappa shape index (κ3) is 3.74. The van der Waals surface area contributed by atoms with E-state index in [1.54, 1.807) is 36.4 Å². The lowest BCUT2D eigenvalue weighted by molar-refractivity contribution is -0.384. The molecule has 0 radical (unpaired) electrons. The van der Waals surface area contributed by atoms with Crippen LogP contribution >= 0.6 is 0 Å². The van der Waals surface area contributed by atoms with Gasteiger partial charge in [-0.05, 0) is 37.1 Å². The van der Waals surface area contributed by atoms with Crippen molar-refractivity contribution in [3.05, 3.63) is 63.7 Å². The molecule has 1 unspecified atom stereocenters. The summed E-state index contributed by atoms with van der Waals surface area (Å²) in [6, 6.07) is 11.3. The van der Waals surface area contributed by atoms with E-state index in [0.29, 0.717) is 12.1 Å². The molecular formula is C19H19N3O5. The third-order valence-corrected chi connectivity index (χ3v) is 4.55. The molecule has 0 bridgehead atoms. The fourth-order valence-corrected chi connectivity index (χ4v) is 3.26. The third-order valence-electron chi connectivity index (χ3n) is 4.55. The van der Waals surface area contributed by atoms with Gasteiger partial charge >= 0.3 is 5.97 Å². The summed E-state index contributed by atoms with van der Waals surface area (Å²) in [6.45, 7) is 2.03. The number of hydrogen-bond acceptors (Lipinski definition) is 6. The molecule has 1 amide bonds. The first kappa shape index (κ1) is 18.4. The molecule has 0 fully saturated rings. The second kappa shape index (κ2) is 7.45. The minimum Gasteiger partial charge on any atom is -0.465 e. The van der Waals surface area contributed by atoms with Gasteiger partial charge in [0.15, 0.2) is 0 Å². The number of methoxy groups -OCH3 is 1. The lowest BCUT2D eigenvalue weighted by Crippen LogP contribution is -2.37. The Morgan fingerprint density at radius 3 is 2.74 bits per heavy atom. The summed E-state index contributed by atoms with van der Waals surface area (Å²) in [5.41, 5.74) is 2.35. The van der Waals surface area contributed by atoms with Gasteiger partial charge in [-0.25, -0.2) is 4.79 Å². The van der Waals surface area contributed by atoms with Crippen LogP contribution < -0.4 is 10.2 Å². The molecule has 2 aromatic carbocycles. The van der Waals surface area contributed by atoms with Gasteiger partial charge in [0.2, 0.25) is 5.91 Å². The summed E-state index contributed by atoms with van der Waals surface area (Å²) in [5.74, 6) is -0.817. The number of rotatable bonds is 5. The van der Waals surface area contributed by atoms with E-state index in [1.807, 2.05) is 11.8 Å². The number of non-ortho nitro benzene ring substituents is 1. The standard InChI is InChI=1S/C19H19N3O5/c1-12-9-13-10-14(22(25)26)7-8-17(13)21(12)11-18(23)20-16-6-4-3-5-15(16)19(24)27-2/h3-8,10,12H,9,11H2,1-2H3,(H,20,23). The van der Waals surface area contributed by atoms with Gasteiger partial charge in [-0.2, -0.15) is 0 Å². The molecule has 0 saturated carbocycles. The first-order chi connectivity index (χ1) is 12.9. The van der Waals surface area contributed by atoms with Crippen molar-refractivity contribution in [3.8, 4) is 0 Å². The van der Waals surface area contributed by atoms with Crippen molar-refractivity contribution in [1.29, 1.82) is 0 Å². The zero-order chi connectivity index (χ0) is 19.6. The van der Waals surface area contributed by atoms with Gasteiger partial charge in [-0.1, -0.05) is 12.1 Å². The van der Waals surface area contributed by atoms with E-state index >= 15 is 0 Å². The molecule has 0 aromatic heterocycles. The van der Waals surface area contributed by atoms with E-state index in [4.69, 9.17) is 4.74 Å². The summed E-state index contributed by atoms with van der Waals surface area (Å²) in [5, 5.41) is 13.7. The van der Waals surface area contributed by atoms with Crippen LogP contribution in [0.2, 0.25) is 0 Å². The van der Waals surface area contributed by atoms with Crippen LogP contribution in [0.1, 0.15) is 22.8 Å². The molecule has 0 aliphatic carbocycles. The molecule has 1 heterocycles. The van der Waals surface area contributed by atoms with Crippen molar-refractivity contribution in [3.63, 3.8) is 0 Å². The van der Waals surface area contributed by atoms with Gasteiger partial charge in [-0.15, -0.1) is 0 Å². The zero-order valence-corrected chi connectivity index (χ0v) is 15.0. The highest BCUT2D eigenvalue weighted by atomic mass is 16.6. The number of nitro benzene ring substituents is 1. The van der Waals surface area contributed by atoms with Crippen molar-refractivity contribution in [2.24, 2.45) is 0 Å². The molecule has 1 aliphatic rings. The minimum absolute atomic E-state index is 0.0311. The maximum Gasteiger partial charge on any atom is 0.339 e. The Morgan fingerprint density at radius 2 is 2.04 bits per heavy atom. The summed E-state index contributed by atoms with van der Waals surface area (Å²) in [6.07, 6.45) is 0.628.